The molecule has 0 aromatic carbocycles. The van der Waals surface area contributed by atoms with Crippen LogP contribution in [0.15, 0.2) is 36.7 Å². The molecule has 0 fully saturated rings. The largest absolute Gasteiger partial charge is 0.364 e. The number of ketones is 1. The molecule has 3 nitrogen and oxygen atoms in total. The molecule has 0 bridgehead atoms. The first-order chi connectivity index (χ1) is 7.15. The minimum Gasteiger partial charge on any atom is -0.364 e. The first kappa shape index (κ1) is 9.77. The number of aromatic amines is 2. The number of carbonyl (C=O) groups is 1. The second-order valence-electron chi connectivity index (χ2n) is 3.85. The van der Waals surface area contributed by atoms with Crippen LogP contribution < -0.4 is 0 Å². The molecule has 2 heterocycles. The van der Waals surface area contributed by atoms with Gasteiger partial charge in [-0.3, -0.25) is 4.79 Å². The van der Waals surface area contributed by atoms with Crippen LogP contribution in [-0.2, 0) is 10.2 Å². The van der Waals surface area contributed by atoms with Crippen molar-refractivity contribution < 1.29 is 4.79 Å². The molecular formula is C12H14N2O. The summed E-state index contributed by atoms with van der Waals surface area (Å²) in [5, 5.41) is 0. The van der Waals surface area contributed by atoms with E-state index < -0.39 is 5.41 Å². The Morgan fingerprint density at radius 3 is 1.87 bits per heavy atom. The van der Waals surface area contributed by atoms with E-state index in [0.29, 0.717) is 0 Å². The topological polar surface area (TPSA) is 48.6 Å². The summed E-state index contributed by atoms with van der Waals surface area (Å²) in [5.74, 6) is 0.118. The molecular weight excluding hydrogens is 188 g/mol. The smallest absolute Gasteiger partial charge is 0.147 e. The summed E-state index contributed by atoms with van der Waals surface area (Å²) in [6, 6.07) is 7.67. The summed E-state index contributed by atoms with van der Waals surface area (Å²) < 4.78 is 0. The van der Waals surface area contributed by atoms with Gasteiger partial charge in [-0.2, -0.15) is 0 Å². The normalized spacial score (nSPS) is 11.6. The quantitative estimate of drug-likeness (QED) is 0.787. The van der Waals surface area contributed by atoms with Crippen molar-refractivity contribution in [2.45, 2.75) is 19.3 Å². The van der Waals surface area contributed by atoms with Gasteiger partial charge >= 0.3 is 0 Å². The molecule has 0 saturated carbocycles. The first-order valence-electron chi connectivity index (χ1n) is 4.94. The van der Waals surface area contributed by atoms with E-state index in [0.717, 1.165) is 11.4 Å². The SMILES string of the molecule is CC(=O)C(C)(c1ccc[nH]1)c1ccc[nH]1. The molecule has 2 N–H and O–H groups in total. The van der Waals surface area contributed by atoms with Gasteiger partial charge in [-0.05, 0) is 38.1 Å². The van der Waals surface area contributed by atoms with Crippen LogP contribution >= 0.6 is 0 Å². The van der Waals surface area contributed by atoms with Gasteiger partial charge < -0.3 is 9.97 Å². The highest BCUT2D eigenvalue weighted by Crippen LogP contribution is 2.30. The monoisotopic (exact) mass is 202 g/mol. The second kappa shape index (κ2) is 3.42. The van der Waals surface area contributed by atoms with Crippen LogP contribution in [0.25, 0.3) is 0 Å². The minimum atomic E-state index is -0.604. The molecule has 0 aliphatic heterocycles. The van der Waals surface area contributed by atoms with E-state index in [1.807, 2.05) is 43.6 Å². The molecule has 0 unspecified atom stereocenters. The van der Waals surface area contributed by atoms with Crippen LogP contribution in [0.3, 0.4) is 0 Å². The maximum atomic E-state index is 11.8. The predicted octanol–water partition coefficient (Wildman–Crippen LogP) is 2.24. The Labute approximate surface area is 88.5 Å². The molecule has 2 aromatic heterocycles. The summed E-state index contributed by atoms with van der Waals surface area (Å²) in [5.41, 5.74) is 1.22. The number of hydrogen-bond acceptors (Lipinski definition) is 1. The average Bonchev–Trinajstić information content (AvgIpc) is 2.89. The van der Waals surface area contributed by atoms with Crippen LogP contribution in [-0.4, -0.2) is 15.8 Å². The predicted molar refractivity (Wildman–Crippen MR) is 58.7 cm³/mol. The van der Waals surface area contributed by atoms with Crippen molar-refractivity contribution in [1.29, 1.82) is 0 Å². The van der Waals surface area contributed by atoms with Crippen molar-refractivity contribution in [2.75, 3.05) is 0 Å². The molecule has 0 spiro atoms. The first-order valence-corrected chi connectivity index (χ1v) is 4.94. The summed E-state index contributed by atoms with van der Waals surface area (Å²) in [6.45, 7) is 3.54. The summed E-state index contributed by atoms with van der Waals surface area (Å²) in [4.78, 5) is 18.0. The Balaban J connectivity index is 2.56. The molecule has 0 aliphatic rings. The molecule has 15 heavy (non-hydrogen) atoms. The molecule has 3 heteroatoms. The van der Waals surface area contributed by atoms with Gasteiger partial charge in [-0.1, -0.05) is 0 Å². The lowest BCUT2D eigenvalue weighted by molar-refractivity contribution is -0.120. The number of rotatable bonds is 3. The van der Waals surface area contributed by atoms with Gasteiger partial charge in [0.05, 0.1) is 0 Å². The van der Waals surface area contributed by atoms with Crippen LogP contribution in [0, 0.1) is 0 Å². The molecule has 78 valence electrons. The fourth-order valence-electron chi connectivity index (χ4n) is 1.81. The van der Waals surface area contributed by atoms with E-state index in [2.05, 4.69) is 9.97 Å². The summed E-state index contributed by atoms with van der Waals surface area (Å²) >= 11 is 0. The highest BCUT2D eigenvalue weighted by Gasteiger charge is 2.35. The number of carbonyl (C=O) groups excluding carboxylic acids is 1. The van der Waals surface area contributed by atoms with E-state index in [4.69, 9.17) is 0 Å². The Morgan fingerprint density at radius 2 is 1.60 bits per heavy atom. The number of Topliss-reactive ketones (excluding diaryl/α,β-unsaturated/α-hetero) is 1. The Bertz CT molecular complexity index is 406. The Kier molecular flexibility index (Phi) is 2.23. The third-order valence-corrected chi connectivity index (χ3v) is 2.98. The van der Waals surface area contributed by atoms with E-state index >= 15 is 0 Å². The van der Waals surface area contributed by atoms with Gasteiger partial charge in [0.1, 0.15) is 11.2 Å². The van der Waals surface area contributed by atoms with Crippen molar-refractivity contribution in [1.82, 2.24) is 9.97 Å². The zero-order chi connectivity index (χ0) is 10.9. The van der Waals surface area contributed by atoms with Gasteiger partial charge in [-0.25, -0.2) is 0 Å². The highest BCUT2D eigenvalue weighted by atomic mass is 16.1. The number of hydrogen-bond donors (Lipinski definition) is 2. The standard InChI is InChI=1S/C12H14N2O/c1-9(15)12(2,10-5-3-7-13-10)11-6-4-8-14-11/h3-8,13-14H,1-2H3. The molecule has 0 amide bonds. The number of aromatic nitrogens is 2. The summed E-state index contributed by atoms with van der Waals surface area (Å²) in [7, 11) is 0. The number of H-pyrrole nitrogens is 2. The Morgan fingerprint density at radius 1 is 1.13 bits per heavy atom. The fraction of sp³-hybridized carbons (Fsp3) is 0.250. The maximum absolute atomic E-state index is 11.8. The van der Waals surface area contributed by atoms with Crippen LogP contribution in [0.1, 0.15) is 25.2 Å². The zero-order valence-corrected chi connectivity index (χ0v) is 8.87. The molecule has 2 rings (SSSR count). The molecule has 2 aromatic rings. The average molecular weight is 202 g/mol. The van der Waals surface area contributed by atoms with Crippen LogP contribution in [0.2, 0.25) is 0 Å². The third kappa shape index (κ3) is 1.40. The van der Waals surface area contributed by atoms with E-state index in [1.165, 1.54) is 0 Å². The van der Waals surface area contributed by atoms with Crippen molar-refractivity contribution in [3.63, 3.8) is 0 Å². The summed E-state index contributed by atoms with van der Waals surface area (Å²) in [6.07, 6.45) is 3.67. The van der Waals surface area contributed by atoms with Gasteiger partial charge in [0.2, 0.25) is 0 Å². The maximum Gasteiger partial charge on any atom is 0.147 e. The second-order valence-corrected chi connectivity index (χ2v) is 3.85. The fourth-order valence-corrected chi connectivity index (χ4v) is 1.81. The van der Waals surface area contributed by atoms with Crippen molar-refractivity contribution >= 4 is 5.78 Å². The molecule has 0 aliphatic carbocycles. The lowest BCUT2D eigenvalue weighted by Crippen LogP contribution is -2.32. The lowest BCUT2D eigenvalue weighted by atomic mass is 9.80. The van der Waals surface area contributed by atoms with Crippen LogP contribution in [0.5, 0.6) is 0 Å². The Hall–Kier alpha value is -1.77. The van der Waals surface area contributed by atoms with Gasteiger partial charge in [-0.15, -0.1) is 0 Å². The third-order valence-electron chi connectivity index (χ3n) is 2.98. The van der Waals surface area contributed by atoms with Gasteiger partial charge in [0.25, 0.3) is 0 Å². The van der Waals surface area contributed by atoms with Crippen molar-refractivity contribution in [3.05, 3.63) is 48.0 Å². The molecule has 0 saturated heterocycles. The van der Waals surface area contributed by atoms with Gasteiger partial charge in [0.15, 0.2) is 0 Å². The minimum absolute atomic E-state index is 0.118. The van der Waals surface area contributed by atoms with E-state index in [-0.39, 0.29) is 5.78 Å². The molecule has 0 atom stereocenters. The van der Waals surface area contributed by atoms with Crippen molar-refractivity contribution in [3.8, 4) is 0 Å². The van der Waals surface area contributed by atoms with Crippen LogP contribution in [0.4, 0.5) is 0 Å². The molecule has 0 radical (unpaired) electrons. The zero-order valence-electron chi connectivity index (χ0n) is 8.87. The van der Waals surface area contributed by atoms with E-state index in [9.17, 15) is 4.79 Å². The highest BCUT2D eigenvalue weighted by molar-refractivity contribution is 5.90. The lowest BCUT2D eigenvalue weighted by Gasteiger charge is -2.24. The van der Waals surface area contributed by atoms with Crippen molar-refractivity contribution in [2.24, 2.45) is 0 Å². The van der Waals surface area contributed by atoms with E-state index in [1.54, 1.807) is 6.92 Å². The number of nitrogens with one attached hydrogen (secondary N) is 2. The van der Waals surface area contributed by atoms with Gasteiger partial charge in [0, 0.05) is 23.8 Å².